The van der Waals surface area contributed by atoms with Gasteiger partial charge < -0.3 is 9.32 Å². The predicted octanol–water partition coefficient (Wildman–Crippen LogP) is 13.9. The molecule has 49 heavy (non-hydrogen) atoms. The van der Waals surface area contributed by atoms with Crippen LogP contribution < -0.4 is 4.90 Å². The number of rotatable bonds is 5. The molecular weight excluding hydrogens is 615 g/mol. The Labute approximate surface area is 287 Å². The average Bonchev–Trinajstić information content (AvgIpc) is 3.73. The van der Waals surface area contributed by atoms with E-state index in [1.165, 1.54) is 53.2 Å². The van der Waals surface area contributed by atoms with E-state index in [0.717, 1.165) is 39.0 Å². The van der Waals surface area contributed by atoms with Crippen molar-refractivity contribution in [1.82, 2.24) is 0 Å². The molecule has 0 aliphatic carbocycles. The maximum Gasteiger partial charge on any atom is 0.137 e. The summed E-state index contributed by atoms with van der Waals surface area (Å²) in [6, 6.07) is 63.3. The Hall–Kier alpha value is -6.16. The van der Waals surface area contributed by atoms with Gasteiger partial charge in [-0.25, -0.2) is 0 Å². The van der Waals surface area contributed by atoms with Gasteiger partial charge in [-0.15, -0.1) is 11.3 Å². The van der Waals surface area contributed by atoms with E-state index < -0.39 is 0 Å². The van der Waals surface area contributed by atoms with E-state index >= 15 is 0 Å². The Morgan fingerprint density at radius 3 is 1.90 bits per heavy atom. The van der Waals surface area contributed by atoms with Gasteiger partial charge in [0.05, 0.1) is 0 Å². The molecule has 2 aromatic heterocycles. The number of anilines is 3. The second-order valence-corrected chi connectivity index (χ2v) is 13.7. The van der Waals surface area contributed by atoms with Gasteiger partial charge in [-0.1, -0.05) is 109 Å². The molecule has 230 valence electrons. The summed E-state index contributed by atoms with van der Waals surface area (Å²) in [6.07, 6.45) is 0. The predicted molar refractivity (Wildman–Crippen MR) is 210 cm³/mol. The van der Waals surface area contributed by atoms with Gasteiger partial charge in [-0.2, -0.15) is 0 Å². The normalized spacial score (nSPS) is 11.7. The molecule has 0 bridgehead atoms. The van der Waals surface area contributed by atoms with Crippen LogP contribution in [0.15, 0.2) is 180 Å². The number of fused-ring (bicyclic) bond motifs is 7. The van der Waals surface area contributed by atoms with Gasteiger partial charge in [0.25, 0.3) is 0 Å². The number of nitrogens with zero attached hydrogens (tertiary/aromatic N) is 1. The molecule has 0 atom stereocenters. The maximum atomic E-state index is 6.36. The Kier molecular flexibility index (Phi) is 6.39. The van der Waals surface area contributed by atoms with Crippen molar-refractivity contribution in [2.45, 2.75) is 0 Å². The first kappa shape index (κ1) is 27.9. The van der Waals surface area contributed by atoms with Crippen LogP contribution in [0.1, 0.15) is 0 Å². The molecule has 2 heterocycles. The van der Waals surface area contributed by atoms with Crippen molar-refractivity contribution >= 4 is 81.3 Å². The van der Waals surface area contributed by atoms with Gasteiger partial charge >= 0.3 is 0 Å². The molecule has 0 amide bonds. The van der Waals surface area contributed by atoms with Crippen LogP contribution >= 0.6 is 11.3 Å². The lowest BCUT2D eigenvalue weighted by Crippen LogP contribution is -2.10. The molecule has 8 aromatic carbocycles. The van der Waals surface area contributed by atoms with Crippen molar-refractivity contribution in [2.75, 3.05) is 4.90 Å². The van der Waals surface area contributed by atoms with Gasteiger partial charge in [0.2, 0.25) is 0 Å². The molecular formula is C46H29NOS. The molecule has 10 rings (SSSR count). The fourth-order valence-corrected chi connectivity index (χ4v) is 8.35. The Morgan fingerprint density at radius 2 is 0.980 bits per heavy atom. The minimum atomic E-state index is 0.877. The molecule has 10 aromatic rings. The van der Waals surface area contributed by atoms with Crippen LogP contribution in [0.2, 0.25) is 0 Å². The standard InChI is InChI=1S/C46H29NOS/c1-2-9-32-26-34(17-16-30(32)8-1)33-10-7-11-37(27-33)47(38-23-25-40-39-12-3-5-14-43(39)48-44(40)29-38)36-21-18-31(19-22-36)35-20-24-42-41-13-4-6-15-45(41)49-46(42)28-35/h1-29H. The minimum absolute atomic E-state index is 0.877. The van der Waals surface area contributed by atoms with E-state index in [1.54, 1.807) is 0 Å². The van der Waals surface area contributed by atoms with Gasteiger partial charge in [-0.05, 0) is 93.7 Å². The van der Waals surface area contributed by atoms with Crippen molar-refractivity contribution in [3.05, 3.63) is 176 Å². The third kappa shape index (κ3) is 4.78. The Bertz CT molecular complexity index is 2840. The Morgan fingerprint density at radius 1 is 0.347 bits per heavy atom. The van der Waals surface area contributed by atoms with Crippen molar-refractivity contribution in [1.29, 1.82) is 0 Å². The van der Waals surface area contributed by atoms with Crippen molar-refractivity contribution in [2.24, 2.45) is 0 Å². The van der Waals surface area contributed by atoms with Crippen molar-refractivity contribution < 1.29 is 4.42 Å². The zero-order chi connectivity index (χ0) is 32.3. The summed E-state index contributed by atoms with van der Waals surface area (Å²) in [5.41, 5.74) is 9.77. The van der Waals surface area contributed by atoms with Gasteiger partial charge in [0, 0.05) is 54.1 Å². The lowest BCUT2D eigenvalue weighted by molar-refractivity contribution is 0.669. The summed E-state index contributed by atoms with van der Waals surface area (Å²) < 4.78 is 9.00. The zero-order valence-electron chi connectivity index (χ0n) is 26.5. The molecule has 0 aliphatic heterocycles. The largest absolute Gasteiger partial charge is 0.456 e. The zero-order valence-corrected chi connectivity index (χ0v) is 27.3. The van der Waals surface area contributed by atoms with Crippen molar-refractivity contribution in [3.8, 4) is 22.3 Å². The number of benzene rings is 8. The van der Waals surface area contributed by atoms with Crippen LogP contribution in [0.25, 0.3) is 75.1 Å². The number of furan rings is 1. The van der Waals surface area contributed by atoms with Crippen LogP contribution in [0, 0.1) is 0 Å². The smallest absolute Gasteiger partial charge is 0.137 e. The van der Waals surface area contributed by atoms with Gasteiger partial charge in [0.15, 0.2) is 0 Å². The van der Waals surface area contributed by atoms with Crippen molar-refractivity contribution in [3.63, 3.8) is 0 Å². The molecule has 0 radical (unpaired) electrons. The fraction of sp³-hybridized carbons (Fsp3) is 0. The second kappa shape index (κ2) is 11.2. The number of thiophene rings is 1. The molecule has 0 aliphatic rings. The topological polar surface area (TPSA) is 16.4 Å². The van der Waals surface area contributed by atoms with Crippen LogP contribution in [-0.2, 0) is 0 Å². The molecule has 0 spiro atoms. The molecule has 0 N–H and O–H groups in total. The van der Waals surface area contributed by atoms with Crippen LogP contribution in [-0.4, -0.2) is 0 Å². The lowest BCUT2D eigenvalue weighted by atomic mass is 10.00. The summed E-state index contributed by atoms with van der Waals surface area (Å²) in [7, 11) is 0. The third-order valence-electron chi connectivity index (χ3n) is 9.65. The second-order valence-electron chi connectivity index (χ2n) is 12.6. The highest BCUT2D eigenvalue weighted by atomic mass is 32.1. The molecule has 3 heteroatoms. The molecule has 0 saturated carbocycles. The first-order chi connectivity index (χ1) is 24.2. The van der Waals surface area contributed by atoms with Crippen LogP contribution in [0.3, 0.4) is 0 Å². The first-order valence-corrected chi connectivity index (χ1v) is 17.4. The summed E-state index contributed by atoms with van der Waals surface area (Å²) in [5.74, 6) is 0. The number of para-hydroxylation sites is 1. The molecule has 0 unspecified atom stereocenters. The van der Waals surface area contributed by atoms with Gasteiger partial charge in [0.1, 0.15) is 11.2 Å². The van der Waals surface area contributed by atoms with E-state index in [9.17, 15) is 0 Å². The highest BCUT2D eigenvalue weighted by Gasteiger charge is 2.17. The highest BCUT2D eigenvalue weighted by Crippen LogP contribution is 2.41. The fourth-order valence-electron chi connectivity index (χ4n) is 7.20. The minimum Gasteiger partial charge on any atom is -0.456 e. The summed E-state index contributed by atoms with van der Waals surface area (Å²) >= 11 is 1.86. The SMILES string of the molecule is c1cc(-c2ccc3ccccc3c2)cc(N(c2ccc(-c3ccc4c(c3)sc3ccccc34)cc2)c2ccc3c(c2)oc2ccccc23)c1. The molecule has 0 fully saturated rings. The number of hydrogen-bond acceptors (Lipinski definition) is 3. The van der Waals surface area contributed by atoms with Gasteiger partial charge in [-0.3, -0.25) is 0 Å². The van der Waals surface area contributed by atoms with E-state index in [1.807, 2.05) is 23.5 Å². The van der Waals surface area contributed by atoms with E-state index in [2.05, 4.69) is 169 Å². The summed E-state index contributed by atoms with van der Waals surface area (Å²) in [5, 5.41) is 7.38. The monoisotopic (exact) mass is 643 g/mol. The average molecular weight is 644 g/mol. The van der Waals surface area contributed by atoms with Crippen LogP contribution in [0.5, 0.6) is 0 Å². The first-order valence-electron chi connectivity index (χ1n) is 16.6. The van der Waals surface area contributed by atoms with E-state index in [-0.39, 0.29) is 0 Å². The van der Waals surface area contributed by atoms with E-state index in [4.69, 9.17) is 4.42 Å². The highest BCUT2D eigenvalue weighted by molar-refractivity contribution is 7.25. The third-order valence-corrected chi connectivity index (χ3v) is 10.8. The van der Waals surface area contributed by atoms with E-state index in [0.29, 0.717) is 0 Å². The molecule has 2 nitrogen and oxygen atoms in total. The summed E-state index contributed by atoms with van der Waals surface area (Å²) in [6.45, 7) is 0. The van der Waals surface area contributed by atoms with Crippen LogP contribution in [0.4, 0.5) is 17.1 Å². The summed E-state index contributed by atoms with van der Waals surface area (Å²) in [4.78, 5) is 2.33. The molecule has 0 saturated heterocycles. The maximum absolute atomic E-state index is 6.36. The lowest BCUT2D eigenvalue weighted by Gasteiger charge is -2.26. The Balaban J connectivity index is 1.09. The quantitative estimate of drug-likeness (QED) is 0.186. The number of hydrogen-bond donors (Lipinski definition) is 0.